The maximum Gasteiger partial charge on any atom is 0.224 e. The largest absolute Gasteiger partial charge is 0.354 e. The van der Waals surface area contributed by atoms with Gasteiger partial charge in [-0.1, -0.05) is 55.8 Å². The maximum atomic E-state index is 11.8. The van der Waals surface area contributed by atoms with E-state index in [9.17, 15) is 9.59 Å². The fourth-order valence-corrected chi connectivity index (χ4v) is 3.28. The van der Waals surface area contributed by atoms with Crippen molar-refractivity contribution < 1.29 is 9.59 Å². The maximum absolute atomic E-state index is 11.8. The highest BCUT2D eigenvalue weighted by atomic mass is 35.5. The van der Waals surface area contributed by atoms with Crippen LogP contribution in [0.5, 0.6) is 0 Å². The van der Waals surface area contributed by atoms with Gasteiger partial charge in [0.05, 0.1) is 6.42 Å². The van der Waals surface area contributed by atoms with Crippen molar-refractivity contribution in [2.75, 3.05) is 13.1 Å². The van der Waals surface area contributed by atoms with Crippen molar-refractivity contribution in [3.05, 3.63) is 34.9 Å². The summed E-state index contributed by atoms with van der Waals surface area (Å²) in [7, 11) is 0. The molecular formula is C19H27ClN2O2. The quantitative estimate of drug-likeness (QED) is 0.705. The van der Waals surface area contributed by atoms with Crippen LogP contribution < -0.4 is 10.6 Å². The van der Waals surface area contributed by atoms with E-state index < -0.39 is 0 Å². The molecule has 1 aromatic rings. The van der Waals surface area contributed by atoms with E-state index in [4.69, 9.17) is 11.6 Å². The zero-order valence-electron chi connectivity index (χ0n) is 14.2. The Morgan fingerprint density at radius 1 is 0.958 bits per heavy atom. The van der Waals surface area contributed by atoms with Gasteiger partial charge in [0.25, 0.3) is 0 Å². The molecule has 1 aromatic carbocycles. The Labute approximate surface area is 149 Å². The molecule has 0 aromatic heterocycles. The average Bonchev–Trinajstić information content (AvgIpc) is 2.60. The summed E-state index contributed by atoms with van der Waals surface area (Å²) in [6.45, 7) is 0.942. The second-order valence-electron chi connectivity index (χ2n) is 6.55. The lowest BCUT2D eigenvalue weighted by atomic mass is 9.86. The normalized spacial score (nSPS) is 15.0. The summed E-state index contributed by atoms with van der Waals surface area (Å²) >= 11 is 5.81. The third kappa shape index (κ3) is 7.35. The zero-order valence-corrected chi connectivity index (χ0v) is 14.9. The average molecular weight is 351 g/mol. The molecule has 5 heteroatoms. The Kier molecular flexibility index (Phi) is 8.10. The van der Waals surface area contributed by atoms with E-state index in [1.165, 1.54) is 32.1 Å². The van der Waals surface area contributed by atoms with Crippen LogP contribution in [-0.4, -0.2) is 24.9 Å². The number of benzene rings is 1. The van der Waals surface area contributed by atoms with Crippen LogP contribution in [0.3, 0.4) is 0 Å². The molecule has 1 aliphatic carbocycles. The summed E-state index contributed by atoms with van der Waals surface area (Å²) in [5, 5.41) is 6.36. The molecule has 1 aliphatic rings. The molecule has 0 atom stereocenters. The van der Waals surface area contributed by atoms with Crippen molar-refractivity contribution in [3.63, 3.8) is 0 Å². The van der Waals surface area contributed by atoms with E-state index >= 15 is 0 Å². The number of carbonyl (C=O) groups is 2. The van der Waals surface area contributed by atoms with Gasteiger partial charge in [0, 0.05) is 24.5 Å². The minimum atomic E-state index is -0.0474. The van der Waals surface area contributed by atoms with E-state index in [-0.39, 0.29) is 11.8 Å². The summed E-state index contributed by atoms with van der Waals surface area (Å²) < 4.78 is 0. The van der Waals surface area contributed by atoms with E-state index in [0.717, 1.165) is 17.9 Å². The van der Waals surface area contributed by atoms with Gasteiger partial charge >= 0.3 is 0 Å². The van der Waals surface area contributed by atoms with E-state index in [1.54, 1.807) is 12.1 Å². The van der Waals surface area contributed by atoms with Gasteiger partial charge in [-0.25, -0.2) is 0 Å². The van der Waals surface area contributed by atoms with Gasteiger partial charge in [-0.15, -0.1) is 0 Å². The van der Waals surface area contributed by atoms with Crippen molar-refractivity contribution in [1.82, 2.24) is 10.6 Å². The number of hydrogen-bond acceptors (Lipinski definition) is 2. The summed E-state index contributed by atoms with van der Waals surface area (Å²) in [6.07, 6.45) is 8.43. The lowest BCUT2D eigenvalue weighted by Crippen LogP contribution is -2.35. The Morgan fingerprint density at radius 2 is 1.58 bits per heavy atom. The van der Waals surface area contributed by atoms with Gasteiger partial charge < -0.3 is 10.6 Å². The van der Waals surface area contributed by atoms with E-state index in [2.05, 4.69) is 10.6 Å². The first-order valence-electron chi connectivity index (χ1n) is 8.91. The molecule has 2 rings (SSSR count). The molecular weight excluding hydrogens is 324 g/mol. The van der Waals surface area contributed by atoms with Crippen molar-refractivity contribution in [2.24, 2.45) is 5.92 Å². The van der Waals surface area contributed by atoms with Crippen LogP contribution in [-0.2, 0) is 16.0 Å². The minimum Gasteiger partial charge on any atom is -0.354 e. The van der Waals surface area contributed by atoms with Gasteiger partial charge in [-0.3, -0.25) is 9.59 Å². The van der Waals surface area contributed by atoms with Crippen molar-refractivity contribution in [3.8, 4) is 0 Å². The third-order valence-corrected chi connectivity index (χ3v) is 4.80. The molecule has 2 amide bonds. The Hall–Kier alpha value is -1.55. The van der Waals surface area contributed by atoms with Crippen LogP contribution in [0.4, 0.5) is 0 Å². The standard InChI is InChI=1S/C19H27ClN2O2/c20-17-9-6-16(7-10-17)14-19(24)22-13-12-21-18(23)11-8-15-4-2-1-3-5-15/h6-7,9-10,15H,1-5,8,11-14H2,(H,21,23)(H,22,24). The first-order valence-corrected chi connectivity index (χ1v) is 9.29. The van der Waals surface area contributed by atoms with Gasteiger partial charge in [-0.2, -0.15) is 0 Å². The van der Waals surface area contributed by atoms with Crippen LogP contribution in [0.15, 0.2) is 24.3 Å². The van der Waals surface area contributed by atoms with Crippen molar-refractivity contribution in [2.45, 2.75) is 51.4 Å². The monoisotopic (exact) mass is 350 g/mol. The lowest BCUT2D eigenvalue weighted by Gasteiger charge is -2.20. The lowest BCUT2D eigenvalue weighted by molar-refractivity contribution is -0.122. The van der Waals surface area contributed by atoms with Crippen LogP contribution in [0.25, 0.3) is 0 Å². The summed E-state index contributed by atoms with van der Waals surface area (Å²) in [5.74, 6) is 0.768. The molecule has 132 valence electrons. The molecule has 0 radical (unpaired) electrons. The van der Waals surface area contributed by atoms with Crippen LogP contribution >= 0.6 is 11.6 Å². The summed E-state index contributed by atoms with van der Waals surface area (Å²) in [5.41, 5.74) is 0.924. The minimum absolute atomic E-state index is 0.0474. The summed E-state index contributed by atoms with van der Waals surface area (Å²) in [4.78, 5) is 23.6. The highest BCUT2D eigenvalue weighted by Crippen LogP contribution is 2.27. The Morgan fingerprint density at radius 3 is 2.25 bits per heavy atom. The van der Waals surface area contributed by atoms with E-state index in [1.807, 2.05) is 12.1 Å². The molecule has 0 aliphatic heterocycles. The van der Waals surface area contributed by atoms with Crippen molar-refractivity contribution in [1.29, 1.82) is 0 Å². The Bertz CT molecular complexity index is 525. The number of rotatable bonds is 8. The molecule has 1 saturated carbocycles. The van der Waals surface area contributed by atoms with E-state index in [0.29, 0.717) is 31.0 Å². The van der Waals surface area contributed by atoms with Crippen LogP contribution in [0.2, 0.25) is 5.02 Å². The summed E-state index contributed by atoms with van der Waals surface area (Å²) in [6, 6.07) is 7.23. The second-order valence-corrected chi connectivity index (χ2v) is 6.98. The van der Waals surface area contributed by atoms with Crippen LogP contribution in [0, 0.1) is 5.92 Å². The van der Waals surface area contributed by atoms with Crippen molar-refractivity contribution >= 4 is 23.4 Å². The molecule has 0 unspecified atom stereocenters. The molecule has 0 bridgehead atoms. The third-order valence-electron chi connectivity index (χ3n) is 4.55. The fraction of sp³-hybridized carbons (Fsp3) is 0.579. The number of hydrogen-bond donors (Lipinski definition) is 2. The van der Waals surface area contributed by atoms with Crippen LogP contribution in [0.1, 0.15) is 50.5 Å². The molecule has 4 nitrogen and oxygen atoms in total. The molecule has 24 heavy (non-hydrogen) atoms. The number of amides is 2. The molecule has 0 heterocycles. The van der Waals surface area contributed by atoms with Gasteiger partial charge in [-0.05, 0) is 30.0 Å². The number of halogens is 1. The smallest absolute Gasteiger partial charge is 0.224 e. The predicted molar refractivity (Wildman–Crippen MR) is 97.0 cm³/mol. The highest BCUT2D eigenvalue weighted by Gasteiger charge is 2.14. The molecule has 2 N–H and O–H groups in total. The topological polar surface area (TPSA) is 58.2 Å². The number of carbonyl (C=O) groups excluding carboxylic acids is 2. The fourth-order valence-electron chi connectivity index (χ4n) is 3.15. The Balaban J connectivity index is 1.52. The van der Waals surface area contributed by atoms with Gasteiger partial charge in [0.15, 0.2) is 0 Å². The van der Waals surface area contributed by atoms with Gasteiger partial charge in [0.2, 0.25) is 11.8 Å². The molecule has 1 fully saturated rings. The molecule has 0 spiro atoms. The first kappa shape index (κ1) is 18.8. The first-order chi connectivity index (χ1) is 11.6. The van der Waals surface area contributed by atoms with Gasteiger partial charge in [0.1, 0.15) is 0 Å². The highest BCUT2D eigenvalue weighted by molar-refractivity contribution is 6.30. The number of nitrogens with one attached hydrogen (secondary N) is 2. The zero-order chi connectivity index (χ0) is 17.2. The second kappa shape index (κ2) is 10.3. The predicted octanol–water partition coefficient (Wildman–Crippen LogP) is 3.48. The molecule has 0 saturated heterocycles. The SMILES string of the molecule is O=C(CCC1CCCCC1)NCCNC(=O)Cc1ccc(Cl)cc1.